The summed E-state index contributed by atoms with van der Waals surface area (Å²) in [6, 6.07) is 3.84. The van der Waals surface area contributed by atoms with Crippen LogP contribution in [0.15, 0.2) is 18.3 Å². The van der Waals surface area contributed by atoms with Crippen LogP contribution in [0.25, 0.3) is 0 Å². The molecule has 2 rings (SSSR count). The van der Waals surface area contributed by atoms with Gasteiger partial charge in [0.25, 0.3) is 0 Å². The average Bonchev–Trinajstić information content (AvgIpc) is 2.40. The van der Waals surface area contributed by atoms with Crippen LogP contribution in [0.2, 0.25) is 0 Å². The first-order valence-corrected chi connectivity index (χ1v) is 6.74. The Balaban J connectivity index is 1.88. The Morgan fingerprint density at radius 2 is 2.42 bits per heavy atom. The van der Waals surface area contributed by atoms with Crippen LogP contribution in [-0.4, -0.2) is 42.0 Å². The van der Waals surface area contributed by atoms with E-state index in [-0.39, 0.29) is 5.84 Å². The van der Waals surface area contributed by atoms with E-state index in [1.807, 2.05) is 12.1 Å². The van der Waals surface area contributed by atoms with Crippen LogP contribution in [0.5, 0.6) is 0 Å². The molecule has 5 nitrogen and oxygen atoms in total. The molecule has 1 fully saturated rings. The number of nitrogens with zero attached hydrogens (tertiary/aromatic N) is 2. The molecule has 2 heterocycles. The van der Waals surface area contributed by atoms with Gasteiger partial charge in [0.2, 0.25) is 0 Å². The van der Waals surface area contributed by atoms with E-state index >= 15 is 0 Å². The molecule has 0 bridgehead atoms. The number of nitrogens with one attached hydrogen (secondary N) is 1. The lowest BCUT2D eigenvalue weighted by atomic mass is 10.1. The Kier molecular flexibility index (Phi) is 4.87. The fourth-order valence-electron chi connectivity index (χ4n) is 2.40. The lowest BCUT2D eigenvalue weighted by Gasteiger charge is -2.27. The van der Waals surface area contributed by atoms with Crippen LogP contribution in [0.4, 0.5) is 0 Å². The van der Waals surface area contributed by atoms with Crippen LogP contribution in [0.3, 0.4) is 0 Å². The number of amidine groups is 1. The lowest BCUT2D eigenvalue weighted by Crippen LogP contribution is -2.33. The predicted octanol–water partition coefficient (Wildman–Crippen LogP) is 1.37. The van der Waals surface area contributed by atoms with Gasteiger partial charge in [0.05, 0.1) is 6.10 Å². The van der Waals surface area contributed by atoms with E-state index in [9.17, 15) is 0 Å². The van der Waals surface area contributed by atoms with Crippen molar-refractivity contribution < 1.29 is 4.74 Å². The van der Waals surface area contributed by atoms with Crippen molar-refractivity contribution >= 4 is 5.84 Å². The maximum absolute atomic E-state index is 7.40. The highest BCUT2D eigenvalue weighted by Crippen LogP contribution is 2.14. The number of likely N-dealkylation sites (N-methyl/N-ethyl adjacent to an activating group) is 1. The highest BCUT2D eigenvalue weighted by molar-refractivity contribution is 5.93. The van der Waals surface area contributed by atoms with E-state index < -0.39 is 0 Å². The van der Waals surface area contributed by atoms with Gasteiger partial charge in [-0.2, -0.15) is 0 Å². The highest BCUT2D eigenvalue weighted by Gasteiger charge is 2.16. The van der Waals surface area contributed by atoms with E-state index in [2.05, 4.69) is 16.9 Å². The fraction of sp³-hybridized carbons (Fsp3) is 0.571. The lowest BCUT2D eigenvalue weighted by molar-refractivity contribution is -0.00259. The first-order chi connectivity index (χ1) is 9.15. The van der Waals surface area contributed by atoms with Crippen molar-refractivity contribution in [2.45, 2.75) is 31.9 Å². The highest BCUT2D eigenvalue weighted by atomic mass is 16.5. The van der Waals surface area contributed by atoms with Gasteiger partial charge in [-0.1, -0.05) is 0 Å². The van der Waals surface area contributed by atoms with Crippen molar-refractivity contribution in [2.75, 3.05) is 20.2 Å². The van der Waals surface area contributed by atoms with Crippen molar-refractivity contribution in [2.24, 2.45) is 5.73 Å². The molecule has 1 aromatic rings. The third-order valence-corrected chi connectivity index (χ3v) is 3.34. The third kappa shape index (κ3) is 4.29. The summed E-state index contributed by atoms with van der Waals surface area (Å²) in [5.74, 6) is 0.0140. The number of hydrogen-bond donors (Lipinski definition) is 2. The van der Waals surface area contributed by atoms with Crippen molar-refractivity contribution in [3.63, 3.8) is 0 Å². The van der Waals surface area contributed by atoms with E-state index in [4.69, 9.17) is 15.9 Å². The summed E-state index contributed by atoms with van der Waals surface area (Å²) in [6.07, 6.45) is 5.67. The monoisotopic (exact) mass is 262 g/mol. The van der Waals surface area contributed by atoms with Crippen molar-refractivity contribution in [1.29, 1.82) is 5.41 Å². The van der Waals surface area contributed by atoms with Crippen LogP contribution < -0.4 is 5.73 Å². The zero-order valence-electron chi connectivity index (χ0n) is 11.4. The molecule has 1 aromatic heterocycles. The van der Waals surface area contributed by atoms with Gasteiger partial charge in [0, 0.05) is 25.9 Å². The van der Waals surface area contributed by atoms with Gasteiger partial charge in [-0.25, -0.2) is 0 Å². The minimum atomic E-state index is 0.0140. The summed E-state index contributed by atoms with van der Waals surface area (Å²) in [4.78, 5) is 6.31. The molecule has 3 N–H and O–H groups in total. The molecule has 19 heavy (non-hydrogen) atoms. The van der Waals surface area contributed by atoms with E-state index in [0.717, 1.165) is 31.7 Å². The molecule has 1 unspecified atom stereocenters. The normalized spacial score (nSPS) is 19.6. The number of nitrogen functional groups attached to an aromatic ring is 1. The maximum atomic E-state index is 7.40. The standard InChI is InChI=1S/C14H22N4O/c1-18(10-12-4-2-3-7-19-12)9-11-5-6-17-13(8-11)14(15)16/h5-6,8,12H,2-4,7,9-10H2,1H3,(H3,15,16). The largest absolute Gasteiger partial charge is 0.382 e. The molecule has 0 saturated carbocycles. The second-order valence-corrected chi connectivity index (χ2v) is 5.15. The minimum Gasteiger partial charge on any atom is -0.382 e. The molecule has 0 spiro atoms. The van der Waals surface area contributed by atoms with Gasteiger partial charge in [0.1, 0.15) is 11.5 Å². The van der Waals surface area contributed by atoms with Crippen molar-refractivity contribution in [3.8, 4) is 0 Å². The first-order valence-electron chi connectivity index (χ1n) is 6.74. The number of aromatic nitrogens is 1. The topological polar surface area (TPSA) is 75.2 Å². The van der Waals surface area contributed by atoms with Crippen LogP contribution in [-0.2, 0) is 11.3 Å². The smallest absolute Gasteiger partial charge is 0.141 e. The molecule has 5 heteroatoms. The van der Waals surface area contributed by atoms with Crippen LogP contribution in [0, 0.1) is 5.41 Å². The Labute approximate surface area is 114 Å². The molecule has 0 radical (unpaired) electrons. The van der Waals surface area contributed by atoms with Gasteiger partial charge in [0.15, 0.2) is 0 Å². The van der Waals surface area contributed by atoms with Gasteiger partial charge < -0.3 is 10.5 Å². The Morgan fingerprint density at radius 3 is 3.11 bits per heavy atom. The number of ether oxygens (including phenoxy) is 1. The molecule has 104 valence electrons. The molecule has 0 aromatic carbocycles. The molecule has 1 saturated heterocycles. The Hall–Kier alpha value is -1.46. The number of hydrogen-bond acceptors (Lipinski definition) is 4. The van der Waals surface area contributed by atoms with Crippen molar-refractivity contribution in [3.05, 3.63) is 29.6 Å². The van der Waals surface area contributed by atoms with Crippen LogP contribution in [0.1, 0.15) is 30.5 Å². The molecule has 0 aliphatic carbocycles. The zero-order chi connectivity index (χ0) is 13.7. The Morgan fingerprint density at radius 1 is 1.58 bits per heavy atom. The van der Waals surface area contributed by atoms with Gasteiger partial charge >= 0.3 is 0 Å². The minimum absolute atomic E-state index is 0.0140. The number of rotatable bonds is 5. The third-order valence-electron chi connectivity index (χ3n) is 3.34. The van der Waals surface area contributed by atoms with Gasteiger partial charge in [-0.3, -0.25) is 15.3 Å². The van der Waals surface area contributed by atoms with Crippen molar-refractivity contribution in [1.82, 2.24) is 9.88 Å². The first kappa shape index (κ1) is 14.0. The molecule has 1 aliphatic heterocycles. The molecule has 1 atom stereocenters. The molecule has 1 aliphatic rings. The molecule has 0 amide bonds. The number of nitrogens with two attached hydrogens (primary N) is 1. The second-order valence-electron chi connectivity index (χ2n) is 5.15. The van der Waals surface area contributed by atoms with Crippen LogP contribution >= 0.6 is 0 Å². The fourth-order valence-corrected chi connectivity index (χ4v) is 2.40. The van der Waals surface area contributed by atoms with E-state index in [1.54, 1.807) is 6.20 Å². The van der Waals surface area contributed by atoms with E-state index in [1.165, 1.54) is 12.8 Å². The molecular weight excluding hydrogens is 240 g/mol. The predicted molar refractivity (Wildman–Crippen MR) is 75.2 cm³/mol. The Bertz CT molecular complexity index is 429. The summed E-state index contributed by atoms with van der Waals surface area (Å²) in [6.45, 7) is 2.66. The van der Waals surface area contributed by atoms with Gasteiger partial charge in [-0.05, 0) is 44.0 Å². The summed E-state index contributed by atoms with van der Waals surface area (Å²) in [5, 5.41) is 7.40. The second kappa shape index (κ2) is 6.63. The summed E-state index contributed by atoms with van der Waals surface area (Å²) in [7, 11) is 2.09. The maximum Gasteiger partial charge on any atom is 0.141 e. The van der Waals surface area contributed by atoms with E-state index in [0.29, 0.717) is 11.8 Å². The molecular formula is C14H22N4O. The van der Waals surface area contributed by atoms with Gasteiger partial charge in [-0.15, -0.1) is 0 Å². The summed E-state index contributed by atoms with van der Waals surface area (Å²) >= 11 is 0. The summed E-state index contributed by atoms with van der Waals surface area (Å²) in [5.41, 5.74) is 7.12. The summed E-state index contributed by atoms with van der Waals surface area (Å²) < 4.78 is 5.74. The quantitative estimate of drug-likeness (QED) is 0.620. The zero-order valence-corrected chi connectivity index (χ0v) is 11.4. The number of pyridine rings is 1. The average molecular weight is 262 g/mol. The SMILES string of the molecule is CN(Cc1ccnc(C(=N)N)c1)CC1CCCCO1.